The number of para-hydroxylation sites is 1. The summed E-state index contributed by atoms with van der Waals surface area (Å²) >= 11 is 0. The van der Waals surface area contributed by atoms with Crippen molar-refractivity contribution in [2.24, 2.45) is 0 Å². The molecule has 0 bridgehead atoms. The average Bonchev–Trinajstić information content (AvgIpc) is 2.98. The summed E-state index contributed by atoms with van der Waals surface area (Å²) in [6, 6.07) is 18.7. The maximum absolute atomic E-state index is 4.74. The van der Waals surface area contributed by atoms with Crippen LogP contribution in [-0.4, -0.2) is 16.5 Å². The standard InChI is InChI=1S/C20H20N4/c1-14-6-5-8-17(12-14)22-19-13-15(2)21-20(23-19)24-11-10-16-7-3-4-9-18(16)24/h3-9,12-13H,10-11H2,1-2H3,(H,21,22,23). The summed E-state index contributed by atoms with van der Waals surface area (Å²) < 4.78 is 0. The molecule has 1 aliphatic heterocycles. The molecule has 24 heavy (non-hydrogen) atoms. The van der Waals surface area contributed by atoms with E-state index in [-0.39, 0.29) is 0 Å². The van der Waals surface area contributed by atoms with Gasteiger partial charge in [0.25, 0.3) is 0 Å². The van der Waals surface area contributed by atoms with Crippen molar-refractivity contribution in [3.05, 3.63) is 71.4 Å². The molecule has 0 atom stereocenters. The van der Waals surface area contributed by atoms with Gasteiger partial charge in [0.2, 0.25) is 5.95 Å². The summed E-state index contributed by atoms with van der Waals surface area (Å²) in [5, 5.41) is 3.40. The Bertz CT molecular complexity index is 888. The molecule has 120 valence electrons. The summed E-state index contributed by atoms with van der Waals surface area (Å²) in [6.07, 6.45) is 1.04. The minimum absolute atomic E-state index is 0.759. The fourth-order valence-electron chi connectivity index (χ4n) is 3.15. The first-order valence-corrected chi connectivity index (χ1v) is 8.24. The zero-order chi connectivity index (χ0) is 16.5. The predicted molar refractivity (Wildman–Crippen MR) is 98.4 cm³/mol. The van der Waals surface area contributed by atoms with Crippen molar-refractivity contribution < 1.29 is 0 Å². The highest BCUT2D eigenvalue weighted by molar-refractivity contribution is 5.67. The maximum Gasteiger partial charge on any atom is 0.232 e. The van der Waals surface area contributed by atoms with Crippen molar-refractivity contribution in [1.82, 2.24) is 9.97 Å². The van der Waals surface area contributed by atoms with Crippen LogP contribution in [-0.2, 0) is 6.42 Å². The number of hydrogen-bond acceptors (Lipinski definition) is 4. The van der Waals surface area contributed by atoms with Crippen molar-refractivity contribution >= 4 is 23.1 Å². The van der Waals surface area contributed by atoms with Crippen molar-refractivity contribution in [3.63, 3.8) is 0 Å². The van der Waals surface area contributed by atoms with E-state index in [0.29, 0.717) is 0 Å². The van der Waals surface area contributed by atoms with Crippen LogP contribution in [0.25, 0.3) is 0 Å². The number of nitrogens with zero attached hydrogens (tertiary/aromatic N) is 3. The van der Waals surface area contributed by atoms with Crippen LogP contribution in [0.4, 0.5) is 23.1 Å². The van der Waals surface area contributed by atoms with Gasteiger partial charge in [-0.2, -0.15) is 4.98 Å². The number of fused-ring (bicyclic) bond motifs is 1. The normalized spacial score (nSPS) is 13.0. The Morgan fingerprint density at radius 1 is 0.958 bits per heavy atom. The van der Waals surface area contributed by atoms with Gasteiger partial charge in [0.1, 0.15) is 5.82 Å². The van der Waals surface area contributed by atoms with Crippen LogP contribution in [0.15, 0.2) is 54.6 Å². The minimum Gasteiger partial charge on any atom is -0.340 e. The molecule has 4 rings (SSSR count). The molecule has 3 aromatic rings. The lowest BCUT2D eigenvalue weighted by molar-refractivity contribution is 0.931. The molecule has 0 spiro atoms. The zero-order valence-corrected chi connectivity index (χ0v) is 14.0. The molecular weight excluding hydrogens is 296 g/mol. The molecule has 0 fully saturated rings. The van der Waals surface area contributed by atoms with E-state index in [4.69, 9.17) is 4.98 Å². The van der Waals surface area contributed by atoms with Crippen molar-refractivity contribution in [2.75, 3.05) is 16.8 Å². The van der Waals surface area contributed by atoms with Gasteiger partial charge in [0.05, 0.1) is 0 Å². The molecule has 0 saturated heterocycles. The van der Waals surface area contributed by atoms with Gasteiger partial charge in [-0.05, 0) is 49.6 Å². The maximum atomic E-state index is 4.74. The highest BCUT2D eigenvalue weighted by Gasteiger charge is 2.22. The van der Waals surface area contributed by atoms with Crippen LogP contribution >= 0.6 is 0 Å². The first-order chi connectivity index (χ1) is 11.7. The zero-order valence-electron chi connectivity index (χ0n) is 14.0. The molecule has 4 nitrogen and oxygen atoms in total. The van der Waals surface area contributed by atoms with E-state index in [0.717, 1.165) is 36.1 Å². The molecule has 0 unspecified atom stereocenters. The van der Waals surface area contributed by atoms with Gasteiger partial charge in [-0.1, -0.05) is 30.3 Å². The summed E-state index contributed by atoms with van der Waals surface area (Å²) in [7, 11) is 0. The largest absolute Gasteiger partial charge is 0.340 e. The van der Waals surface area contributed by atoms with E-state index in [1.807, 2.05) is 19.1 Å². The van der Waals surface area contributed by atoms with Gasteiger partial charge >= 0.3 is 0 Å². The van der Waals surface area contributed by atoms with E-state index < -0.39 is 0 Å². The molecule has 1 aliphatic rings. The van der Waals surface area contributed by atoms with Crippen LogP contribution < -0.4 is 10.2 Å². The Morgan fingerprint density at radius 3 is 2.71 bits per heavy atom. The third-order valence-corrected chi connectivity index (χ3v) is 4.26. The lowest BCUT2D eigenvalue weighted by Gasteiger charge is -2.18. The van der Waals surface area contributed by atoms with Gasteiger partial charge in [0, 0.05) is 29.7 Å². The van der Waals surface area contributed by atoms with E-state index in [1.54, 1.807) is 0 Å². The molecule has 2 aromatic carbocycles. The topological polar surface area (TPSA) is 41.1 Å². The number of benzene rings is 2. The Balaban J connectivity index is 1.67. The fourth-order valence-corrected chi connectivity index (χ4v) is 3.15. The fraction of sp³-hybridized carbons (Fsp3) is 0.200. The molecule has 2 heterocycles. The predicted octanol–water partition coefficient (Wildman–Crippen LogP) is 4.53. The Hall–Kier alpha value is -2.88. The molecule has 0 radical (unpaired) electrons. The number of anilines is 4. The molecule has 0 saturated carbocycles. The van der Waals surface area contributed by atoms with Crippen molar-refractivity contribution in [1.29, 1.82) is 0 Å². The number of aryl methyl sites for hydroxylation is 2. The summed E-state index contributed by atoms with van der Waals surface area (Å²) in [6.45, 7) is 5.02. The second-order valence-corrected chi connectivity index (χ2v) is 6.22. The molecular formula is C20H20N4. The minimum atomic E-state index is 0.759. The summed E-state index contributed by atoms with van der Waals surface area (Å²) in [5.41, 5.74) is 5.79. The van der Waals surface area contributed by atoms with Crippen LogP contribution in [0.5, 0.6) is 0 Å². The third-order valence-electron chi connectivity index (χ3n) is 4.26. The highest BCUT2D eigenvalue weighted by atomic mass is 15.3. The van der Waals surface area contributed by atoms with Crippen LogP contribution in [0.3, 0.4) is 0 Å². The summed E-state index contributed by atoms with van der Waals surface area (Å²) in [4.78, 5) is 11.6. The van der Waals surface area contributed by atoms with Gasteiger partial charge in [-0.15, -0.1) is 0 Å². The van der Waals surface area contributed by atoms with E-state index in [9.17, 15) is 0 Å². The molecule has 1 aromatic heterocycles. The third kappa shape index (κ3) is 2.83. The first-order valence-electron chi connectivity index (χ1n) is 8.24. The van der Waals surface area contributed by atoms with Gasteiger partial charge in [-0.25, -0.2) is 4.98 Å². The second-order valence-electron chi connectivity index (χ2n) is 6.22. The van der Waals surface area contributed by atoms with E-state index in [2.05, 4.69) is 64.6 Å². The van der Waals surface area contributed by atoms with Crippen molar-refractivity contribution in [2.45, 2.75) is 20.3 Å². The highest BCUT2D eigenvalue weighted by Crippen LogP contribution is 2.33. The number of aromatic nitrogens is 2. The molecule has 4 heteroatoms. The SMILES string of the molecule is Cc1cccc(Nc2cc(C)nc(N3CCc4ccccc43)n2)c1. The van der Waals surface area contributed by atoms with Gasteiger partial charge < -0.3 is 10.2 Å². The van der Waals surface area contributed by atoms with Crippen LogP contribution in [0, 0.1) is 13.8 Å². The number of hydrogen-bond donors (Lipinski definition) is 1. The number of rotatable bonds is 3. The quantitative estimate of drug-likeness (QED) is 0.770. The van der Waals surface area contributed by atoms with Gasteiger partial charge in [0.15, 0.2) is 0 Å². The smallest absolute Gasteiger partial charge is 0.232 e. The lowest BCUT2D eigenvalue weighted by atomic mass is 10.2. The van der Waals surface area contributed by atoms with E-state index in [1.165, 1.54) is 16.8 Å². The Labute approximate surface area is 142 Å². The van der Waals surface area contributed by atoms with Gasteiger partial charge in [-0.3, -0.25) is 0 Å². The molecule has 0 aliphatic carbocycles. The van der Waals surface area contributed by atoms with E-state index >= 15 is 0 Å². The van der Waals surface area contributed by atoms with Crippen LogP contribution in [0.2, 0.25) is 0 Å². The van der Waals surface area contributed by atoms with Crippen molar-refractivity contribution in [3.8, 4) is 0 Å². The monoisotopic (exact) mass is 316 g/mol. The first kappa shape index (κ1) is 14.7. The lowest BCUT2D eigenvalue weighted by Crippen LogP contribution is -2.17. The number of nitrogens with one attached hydrogen (secondary N) is 1. The second kappa shape index (κ2) is 5.96. The molecule has 0 amide bonds. The van der Waals surface area contributed by atoms with Crippen LogP contribution in [0.1, 0.15) is 16.8 Å². The molecule has 1 N–H and O–H groups in total. The average molecular weight is 316 g/mol. The Kier molecular flexibility index (Phi) is 3.65. The Morgan fingerprint density at radius 2 is 1.83 bits per heavy atom. The summed E-state index contributed by atoms with van der Waals surface area (Å²) in [5.74, 6) is 1.59.